The van der Waals surface area contributed by atoms with Gasteiger partial charge in [0.2, 0.25) is 0 Å². The summed E-state index contributed by atoms with van der Waals surface area (Å²) >= 11 is 6.24. The molecule has 4 aromatic rings. The molecule has 1 aromatic carbocycles. The Morgan fingerprint density at radius 2 is 1.90 bits per heavy atom. The minimum absolute atomic E-state index is 0.00380. The molecule has 2 atom stereocenters. The van der Waals surface area contributed by atoms with Crippen molar-refractivity contribution >= 4 is 34.7 Å². The van der Waals surface area contributed by atoms with Crippen molar-refractivity contribution in [2.45, 2.75) is 25.3 Å². The first-order valence-corrected chi connectivity index (χ1v) is 12.0. The Bertz CT molecular complexity index is 1610. The molecule has 9 nitrogen and oxygen atoms in total. The summed E-state index contributed by atoms with van der Waals surface area (Å²) < 4.78 is 56.9. The number of hydrogen-bond donors (Lipinski definition) is 2. The Labute approximate surface area is 223 Å². The first kappa shape index (κ1) is 26.4. The number of aryl methyl sites for hydroxylation is 1. The van der Waals surface area contributed by atoms with Gasteiger partial charge in [0.25, 0.3) is 11.8 Å². The highest BCUT2D eigenvalue weighted by atomic mass is 35.5. The van der Waals surface area contributed by atoms with Crippen LogP contribution in [0.2, 0.25) is 5.02 Å². The fourth-order valence-electron chi connectivity index (χ4n) is 4.52. The topological polar surface area (TPSA) is 119 Å². The summed E-state index contributed by atoms with van der Waals surface area (Å²) in [4.78, 5) is 34.9. The molecule has 0 radical (unpaired) electrons. The van der Waals surface area contributed by atoms with E-state index in [2.05, 4.69) is 20.4 Å². The third-order valence-electron chi connectivity index (χ3n) is 6.39. The lowest BCUT2D eigenvalue weighted by Crippen LogP contribution is -2.41. The van der Waals surface area contributed by atoms with Crippen LogP contribution < -0.4 is 11.1 Å². The summed E-state index contributed by atoms with van der Waals surface area (Å²) in [6.07, 6.45) is -3.80. The molecule has 202 valence electrons. The fourth-order valence-corrected chi connectivity index (χ4v) is 4.72. The Morgan fingerprint density at radius 1 is 1.13 bits per heavy atom. The molecule has 4 heterocycles. The van der Waals surface area contributed by atoms with Gasteiger partial charge >= 0.3 is 6.18 Å². The van der Waals surface area contributed by atoms with Gasteiger partial charge in [0.1, 0.15) is 18.0 Å². The number of fused-ring (bicyclic) bond motifs is 1. The zero-order valence-corrected chi connectivity index (χ0v) is 21.0. The van der Waals surface area contributed by atoms with Crippen molar-refractivity contribution in [1.29, 1.82) is 0 Å². The third kappa shape index (κ3) is 4.97. The monoisotopic (exact) mass is 561 g/mol. The summed E-state index contributed by atoms with van der Waals surface area (Å²) in [6, 6.07) is 6.97. The number of halogens is 5. The number of anilines is 1. The average molecular weight is 562 g/mol. The van der Waals surface area contributed by atoms with Crippen molar-refractivity contribution in [2.24, 2.45) is 0 Å². The summed E-state index contributed by atoms with van der Waals surface area (Å²) in [7, 11) is 0. The summed E-state index contributed by atoms with van der Waals surface area (Å²) in [6.45, 7) is 1.41. The van der Waals surface area contributed by atoms with E-state index in [9.17, 15) is 27.2 Å². The zero-order valence-electron chi connectivity index (χ0n) is 20.2. The number of pyridine rings is 1. The molecular formula is C25H20ClF4N7O2. The van der Waals surface area contributed by atoms with Crippen LogP contribution in [0.5, 0.6) is 0 Å². The molecular weight excluding hydrogens is 542 g/mol. The fraction of sp³-hybridized carbons (Fsp3) is 0.240. The number of alkyl halides is 4. The molecule has 39 heavy (non-hydrogen) atoms. The number of nitrogens with one attached hydrogen (secondary N) is 1. The predicted octanol–water partition coefficient (Wildman–Crippen LogP) is 3.95. The molecule has 2 amide bonds. The van der Waals surface area contributed by atoms with Crippen molar-refractivity contribution in [1.82, 2.24) is 29.8 Å². The van der Waals surface area contributed by atoms with Crippen LogP contribution in [-0.2, 0) is 6.18 Å². The van der Waals surface area contributed by atoms with Crippen molar-refractivity contribution < 1.29 is 27.2 Å². The molecule has 1 aliphatic rings. The number of carbonyl (C=O) groups excluding carboxylic acids is 2. The molecule has 1 fully saturated rings. The Morgan fingerprint density at radius 3 is 2.62 bits per heavy atom. The van der Waals surface area contributed by atoms with Crippen LogP contribution >= 0.6 is 11.6 Å². The third-order valence-corrected chi connectivity index (χ3v) is 6.72. The van der Waals surface area contributed by atoms with Crippen LogP contribution in [0.3, 0.4) is 0 Å². The second-order valence-electron chi connectivity index (χ2n) is 9.03. The second kappa shape index (κ2) is 9.80. The number of nitrogens with zero attached hydrogens (tertiary/aromatic N) is 5. The van der Waals surface area contributed by atoms with Gasteiger partial charge in [-0.05, 0) is 37.3 Å². The number of aromatic nitrogens is 4. The van der Waals surface area contributed by atoms with Gasteiger partial charge in [-0.25, -0.2) is 13.9 Å². The molecule has 0 aliphatic carbocycles. The normalized spacial score (nSPS) is 17.5. The van der Waals surface area contributed by atoms with Gasteiger partial charge < -0.3 is 16.0 Å². The van der Waals surface area contributed by atoms with Crippen LogP contribution in [0.15, 0.2) is 48.9 Å². The summed E-state index contributed by atoms with van der Waals surface area (Å²) in [5, 5.41) is 6.45. The van der Waals surface area contributed by atoms with Gasteiger partial charge in [-0.1, -0.05) is 17.7 Å². The predicted molar refractivity (Wildman–Crippen MR) is 134 cm³/mol. The van der Waals surface area contributed by atoms with Crippen LogP contribution in [-0.4, -0.2) is 61.6 Å². The Kier molecular flexibility index (Phi) is 6.62. The largest absolute Gasteiger partial charge is 0.418 e. The number of nitrogens with two attached hydrogens (primary N) is 1. The van der Waals surface area contributed by atoms with Gasteiger partial charge in [0.05, 0.1) is 34.4 Å². The van der Waals surface area contributed by atoms with Gasteiger partial charge in [0, 0.05) is 29.6 Å². The van der Waals surface area contributed by atoms with E-state index in [0.29, 0.717) is 11.3 Å². The van der Waals surface area contributed by atoms with Crippen molar-refractivity contribution in [3.8, 4) is 11.3 Å². The highest BCUT2D eigenvalue weighted by molar-refractivity contribution is 6.34. The molecule has 0 bridgehead atoms. The number of nitrogen functional groups attached to an aromatic ring is 1. The quantitative estimate of drug-likeness (QED) is 0.364. The smallest absolute Gasteiger partial charge is 0.382 e. The molecule has 3 aromatic heterocycles. The van der Waals surface area contributed by atoms with E-state index >= 15 is 0 Å². The molecule has 3 N–H and O–H groups in total. The highest BCUT2D eigenvalue weighted by Crippen LogP contribution is 2.39. The van der Waals surface area contributed by atoms with Crippen molar-refractivity contribution in [2.75, 3.05) is 18.8 Å². The lowest BCUT2D eigenvalue weighted by atomic mass is 10.1. The van der Waals surface area contributed by atoms with Crippen LogP contribution in [0.1, 0.15) is 32.0 Å². The number of amides is 2. The molecule has 5 rings (SSSR count). The van der Waals surface area contributed by atoms with E-state index in [-0.39, 0.29) is 40.8 Å². The Balaban J connectivity index is 1.41. The number of benzene rings is 1. The van der Waals surface area contributed by atoms with E-state index in [1.165, 1.54) is 35.4 Å². The lowest BCUT2D eigenvalue weighted by molar-refractivity contribution is -0.136. The maximum Gasteiger partial charge on any atom is 0.418 e. The van der Waals surface area contributed by atoms with Crippen LogP contribution in [0.25, 0.3) is 16.8 Å². The molecule has 1 saturated heterocycles. The maximum atomic E-state index is 14.9. The molecule has 1 aliphatic heterocycles. The SMILES string of the molecule is Cc1cc(C(=O)N2C[C@H](F)[C@H](NC(=O)c3cc(-c4cc(C(F)(F)F)c5c(N)ncnn45)ccc3Cl)C2)ccn1. The molecule has 0 unspecified atom stereocenters. The highest BCUT2D eigenvalue weighted by Gasteiger charge is 2.38. The maximum absolute atomic E-state index is 14.9. The Hall–Kier alpha value is -4.26. The molecule has 0 saturated carbocycles. The number of likely N-dealkylation sites (tertiary alicyclic amines) is 1. The second-order valence-corrected chi connectivity index (χ2v) is 9.44. The van der Waals surface area contributed by atoms with Crippen LogP contribution in [0.4, 0.5) is 23.4 Å². The van der Waals surface area contributed by atoms with Gasteiger partial charge in [-0.3, -0.25) is 14.6 Å². The average Bonchev–Trinajstić information content (AvgIpc) is 3.45. The number of carbonyl (C=O) groups is 2. The number of hydrogen-bond acceptors (Lipinski definition) is 6. The lowest BCUT2D eigenvalue weighted by Gasteiger charge is -2.17. The van der Waals surface area contributed by atoms with E-state index in [1.807, 2.05) is 0 Å². The first-order valence-electron chi connectivity index (χ1n) is 11.6. The van der Waals surface area contributed by atoms with Crippen molar-refractivity contribution in [3.05, 3.63) is 76.3 Å². The van der Waals surface area contributed by atoms with Gasteiger partial charge in [-0.2, -0.15) is 18.3 Å². The van der Waals surface area contributed by atoms with E-state index in [0.717, 1.165) is 16.9 Å². The van der Waals surface area contributed by atoms with E-state index in [1.54, 1.807) is 13.0 Å². The first-order chi connectivity index (χ1) is 18.4. The summed E-state index contributed by atoms with van der Waals surface area (Å²) in [5.74, 6) is -1.52. The molecule has 14 heteroatoms. The molecule has 0 spiro atoms. The standard InChI is InChI=1S/C25H20ClF4N7O2/c1-12-6-14(4-5-32-12)24(39)36-9-18(27)19(10-36)35-23(38)15-7-13(2-3-17(15)26)20-8-16(25(28,29)30)21-22(31)33-11-34-37(20)21/h2-8,11,18-19H,9-10H2,1H3,(H,35,38)(H2,31,33,34)/t18-,19+/m0/s1. The van der Waals surface area contributed by atoms with E-state index in [4.69, 9.17) is 17.3 Å². The van der Waals surface area contributed by atoms with Gasteiger partial charge in [0.15, 0.2) is 5.82 Å². The summed E-state index contributed by atoms with van der Waals surface area (Å²) in [5.41, 5.74) is 5.28. The number of rotatable bonds is 4. The van der Waals surface area contributed by atoms with Crippen molar-refractivity contribution in [3.63, 3.8) is 0 Å². The van der Waals surface area contributed by atoms with Gasteiger partial charge in [-0.15, -0.1) is 0 Å². The van der Waals surface area contributed by atoms with E-state index < -0.39 is 41.3 Å². The zero-order chi connectivity index (χ0) is 28.1. The minimum atomic E-state index is -4.74. The minimum Gasteiger partial charge on any atom is -0.382 e. The van der Waals surface area contributed by atoms with Crippen LogP contribution in [0, 0.1) is 6.92 Å².